The van der Waals surface area contributed by atoms with E-state index in [1.807, 2.05) is 6.92 Å². The van der Waals surface area contributed by atoms with Gasteiger partial charge in [-0.1, -0.05) is 30.4 Å². The van der Waals surface area contributed by atoms with E-state index in [1.54, 1.807) is 30.4 Å². The number of rotatable bonds is 5. The zero-order valence-electron chi connectivity index (χ0n) is 13.9. The van der Waals surface area contributed by atoms with Crippen molar-refractivity contribution in [1.82, 2.24) is 0 Å². The number of carbonyl (C=O) groups is 1. The minimum Gasteiger partial charge on any atom is -0.478 e. The summed E-state index contributed by atoms with van der Waals surface area (Å²) in [6, 6.07) is 5.95. The van der Waals surface area contributed by atoms with Crippen LogP contribution in [0.1, 0.15) is 44.1 Å². The highest BCUT2D eigenvalue weighted by molar-refractivity contribution is 5.87. The van der Waals surface area contributed by atoms with Gasteiger partial charge in [0.1, 0.15) is 5.75 Å². The molecule has 0 aromatic heterocycles. The number of aliphatic carboxylic acids is 1. The van der Waals surface area contributed by atoms with Crippen molar-refractivity contribution in [2.24, 2.45) is 5.92 Å². The van der Waals surface area contributed by atoms with Crippen molar-refractivity contribution < 1.29 is 27.8 Å². The van der Waals surface area contributed by atoms with Crippen LogP contribution in [0.4, 0.5) is 13.2 Å². The fourth-order valence-electron chi connectivity index (χ4n) is 3.26. The summed E-state index contributed by atoms with van der Waals surface area (Å²) < 4.78 is 40.4. The van der Waals surface area contributed by atoms with Gasteiger partial charge in [0.05, 0.1) is 0 Å². The Morgan fingerprint density at radius 3 is 2.24 bits per heavy atom. The van der Waals surface area contributed by atoms with Gasteiger partial charge in [-0.15, -0.1) is 13.2 Å². The van der Waals surface area contributed by atoms with Crippen LogP contribution in [0.3, 0.4) is 0 Å². The van der Waals surface area contributed by atoms with Crippen LogP contribution < -0.4 is 4.74 Å². The Kier molecular flexibility index (Phi) is 6.28. The normalized spacial score (nSPS) is 22.2. The zero-order chi connectivity index (χ0) is 18.4. The summed E-state index contributed by atoms with van der Waals surface area (Å²) in [5.41, 5.74) is 1.38. The Balaban J connectivity index is 1.98. The van der Waals surface area contributed by atoms with Gasteiger partial charge in [0.25, 0.3) is 0 Å². The van der Waals surface area contributed by atoms with Crippen LogP contribution in [0.15, 0.2) is 48.1 Å². The van der Waals surface area contributed by atoms with Crippen LogP contribution in [-0.4, -0.2) is 17.4 Å². The molecule has 0 aliphatic heterocycles. The van der Waals surface area contributed by atoms with Crippen molar-refractivity contribution in [3.05, 3.63) is 53.6 Å². The first kappa shape index (κ1) is 19.1. The summed E-state index contributed by atoms with van der Waals surface area (Å²) in [7, 11) is 0. The third-order valence-corrected chi connectivity index (χ3v) is 4.47. The minimum atomic E-state index is -4.69. The first-order valence-corrected chi connectivity index (χ1v) is 8.22. The third-order valence-electron chi connectivity index (χ3n) is 4.47. The topological polar surface area (TPSA) is 46.5 Å². The van der Waals surface area contributed by atoms with E-state index in [-0.39, 0.29) is 17.6 Å². The molecule has 25 heavy (non-hydrogen) atoms. The number of hydrogen-bond acceptors (Lipinski definition) is 2. The molecule has 1 aromatic carbocycles. The lowest BCUT2D eigenvalue weighted by atomic mass is 9.76. The second kappa shape index (κ2) is 8.23. The van der Waals surface area contributed by atoms with Crippen molar-refractivity contribution in [2.75, 3.05) is 0 Å². The summed E-state index contributed by atoms with van der Waals surface area (Å²) in [6.45, 7) is 1.83. The number of halogens is 3. The second-order valence-electron chi connectivity index (χ2n) is 6.12. The minimum absolute atomic E-state index is 0.0118. The molecule has 0 amide bonds. The third kappa shape index (κ3) is 5.66. The van der Waals surface area contributed by atoms with Crippen LogP contribution >= 0.6 is 0 Å². The van der Waals surface area contributed by atoms with Gasteiger partial charge < -0.3 is 9.84 Å². The SMILES string of the molecule is C/C=C/C=C(/C(=O)O)C1CCC(c2ccc(OC(F)(F)F)cc2)CC1. The molecule has 2 rings (SSSR count). The molecule has 0 heterocycles. The van der Waals surface area contributed by atoms with Gasteiger partial charge >= 0.3 is 12.3 Å². The Morgan fingerprint density at radius 2 is 1.76 bits per heavy atom. The summed E-state index contributed by atoms with van der Waals surface area (Å²) in [6.07, 6.45) is 3.61. The van der Waals surface area contributed by atoms with Crippen molar-refractivity contribution in [3.8, 4) is 5.75 Å². The highest BCUT2D eigenvalue weighted by Gasteiger charge is 2.31. The van der Waals surface area contributed by atoms with E-state index in [0.29, 0.717) is 5.57 Å². The largest absolute Gasteiger partial charge is 0.573 e. The van der Waals surface area contributed by atoms with Gasteiger partial charge in [-0.05, 0) is 62.1 Å². The van der Waals surface area contributed by atoms with Crippen LogP contribution in [0.2, 0.25) is 0 Å². The molecule has 1 saturated carbocycles. The van der Waals surface area contributed by atoms with Crippen LogP contribution in [0, 0.1) is 5.92 Å². The van der Waals surface area contributed by atoms with Gasteiger partial charge in [0, 0.05) is 5.57 Å². The molecule has 0 atom stereocenters. The maximum absolute atomic E-state index is 12.2. The lowest BCUT2D eigenvalue weighted by Crippen LogP contribution is -2.19. The van der Waals surface area contributed by atoms with E-state index in [2.05, 4.69) is 4.74 Å². The summed E-state index contributed by atoms with van der Waals surface area (Å²) in [4.78, 5) is 11.4. The Bertz CT molecular complexity index is 637. The standard InChI is InChI=1S/C19H21F3O3/c1-2-3-4-17(18(23)24)15-7-5-13(6-8-15)14-9-11-16(12-10-14)25-19(20,21)22/h2-4,9-13,15H,5-8H2,1H3,(H,23,24)/b3-2+,17-4+. The molecule has 0 radical (unpaired) electrons. The molecule has 1 aromatic rings. The average molecular weight is 354 g/mol. The van der Waals surface area contributed by atoms with Gasteiger partial charge in [-0.25, -0.2) is 4.79 Å². The van der Waals surface area contributed by atoms with E-state index in [9.17, 15) is 23.1 Å². The van der Waals surface area contributed by atoms with E-state index in [0.717, 1.165) is 31.2 Å². The second-order valence-corrected chi connectivity index (χ2v) is 6.12. The molecule has 0 spiro atoms. The number of carboxylic acid groups (broad SMARTS) is 1. The molecule has 1 aliphatic rings. The van der Waals surface area contributed by atoms with Crippen LogP contribution in [0.5, 0.6) is 5.75 Å². The van der Waals surface area contributed by atoms with Gasteiger partial charge in [-0.2, -0.15) is 0 Å². The predicted molar refractivity (Wildman–Crippen MR) is 88.4 cm³/mol. The monoisotopic (exact) mass is 354 g/mol. The maximum atomic E-state index is 12.2. The predicted octanol–water partition coefficient (Wildman–Crippen LogP) is 5.45. The Hall–Kier alpha value is -2.24. The highest BCUT2D eigenvalue weighted by atomic mass is 19.4. The fraction of sp³-hybridized carbons (Fsp3) is 0.421. The number of benzene rings is 1. The van der Waals surface area contributed by atoms with Gasteiger partial charge in [-0.3, -0.25) is 0 Å². The Labute approximate surface area is 144 Å². The quantitative estimate of drug-likeness (QED) is 0.565. The van der Waals surface area contributed by atoms with Crippen LogP contribution in [-0.2, 0) is 4.79 Å². The van der Waals surface area contributed by atoms with Gasteiger partial charge in [0.2, 0.25) is 0 Å². The van der Waals surface area contributed by atoms with Crippen molar-refractivity contribution >= 4 is 5.97 Å². The first-order valence-electron chi connectivity index (χ1n) is 8.22. The summed E-state index contributed by atoms with van der Waals surface area (Å²) >= 11 is 0. The van der Waals surface area contributed by atoms with Crippen molar-refractivity contribution in [3.63, 3.8) is 0 Å². The molecule has 1 aliphatic carbocycles. The number of ether oxygens (including phenoxy) is 1. The fourth-order valence-corrected chi connectivity index (χ4v) is 3.26. The highest BCUT2D eigenvalue weighted by Crippen LogP contribution is 2.39. The van der Waals surface area contributed by atoms with E-state index >= 15 is 0 Å². The molecule has 6 heteroatoms. The number of alkyl halides is 3. The molecule has 1 fully saturated rings. The smallest absolute Gasteiger partial charge is 0.478 e. The molecular formula is C19H21F3O3. The molecule has 1 N–H and O–H groups in total. The lowest BCUT2D eigenvalue weighted by molar-refractivity contribution is -0.274. The number of allylic oxidation sites excluding steroid dienone is 3. The van der Waals surface area contributed by atoms with Gasteiger partial charge in [0.15, 0.2) is 0 Å². The number of carboxylic acids is 1. The molecule has 3 nitrogen and oxygen atoms in total. The first-order chi connectivity index (χ1) is 11.8. The Morgan fingerprint density at radius 1 is 1.16 bits per heavy atom. The molecule has 0 bridgehead atoms. The van der Waals surface area contributed by atoms with Crippen molar-refractivity contribution in [1.29, 1.82) is 0 Å². The maximum Gasteiger partial charge on any atom is 0.573 e. The van der Waals surface area contributed by atoms with Crippen LogP contribution in [0.25, 0.3) is 0 Å². The number of hydrogen-bond donors (Lipinski definition) is 1. The molecule has 0 saturated heterocycles. The zero-order valence-corrected chi connectivity index (χ0v) is 13.9. The molecular weight excluding hydrogens is 333 g/mol. The van der Waals surface area contributed by atoms with E-state index < -0.39 is 12.3 Å². The molecule has 136 valence electrons. The average Bonchev–Trinajstić information content (AvgIpc) is 2.55. The van der Waals surface area contributed by atoms with E-state index in [4.69, 9.17) is 0 Å². The van der Waals surface area contributed by atoms with Crippen molar-refractivity contribution in [2.45, 2.75) is 44.9 Å². The van der Waals surface area contributed by atoms with E-state index in [1.165, 1.54) is 12.1 Å². The summed E-state index contributed by atoms with van der Waals surface area (Å²) in [5, 5.41) is 9.35. The lowest BCUT2D eigenvalue weighted by Gasteiger charge is -2.29. The summed E-state index contributed by atoms with van der Waals surface area (Å²) in [5.74, 6) is -0.881. The molecule has 0 unspecified atom stereocenters.